The highest BCUT2D eigenvalue weighted by molar-refractivity contribution is 5.82. The van der Waals surface area contributed by atoms with Crippen molar-refractivity contribution in [1.82, 2.24) is 10.6 Å². The van der Waals surface area contributed by atoms with Crippen LogP contribution in [0.3, 0.4) is 0 Å². The van der Waals surface area contributed by atoms with Gasteiger partial charge in [0.05, 0.1) is 6.54 Å². The smallest absolute Gasteiger partial charge is 0.264 e. The Labute approximate surface area is 187 Å². The molecule has 0 radical (unpaired) electrons. The Kier molecular flexibility index (Phi) is 7.11. The summed E-state index contributed by atoms with van der Waals surface area (Å²) in [7, 11) is 0. The van der Waals surface area contributed by atoms with Crippen LogP contribution in [0.2, 0.25) is 0 Å². The Morgan fingerprint density at radius 1 is 0.969 bits per heavy atom. The topological polar surface area (TPSA) is 112 Å². The van der Waals surface area contributed by atoms with Gasteiger partial charge >= 0.3 is 0 Å². The molecule has 4 N–H and O–H groups in total. The highest BCUT2D eigenvalue weighted by atomic mass is 16.6. The molecule has 1 heterocycles. The molecule has 8 nitrogen and oxygen atoms in total. The zero-order valence-electron chi connectivity index (χ0n) is 17.9. The molecule has 2 aromatic rings. The van der Waals surface area contributed by atoms with Crippen LogP contribution in [0.1, 0.15) is 31.2 Å². The summed E-state index contributed by atoms with van der Waals surface area (Å²) >= 11 is 0. The van der Waals surface area contributed by atoms with Gasteiger partial charge in [-0.15, -0.1) is 0 Å². The molecule has 32 heavy (non-hydrogen) atoms. The molecular weight excluding hydrogens is 410 g/mol. The first kappa shape index (κ1) is 22.0. The lowest BCUT2D eigenvalue weighted by molar-refractivity contribution is -0.131. The van der Waals surface area contributed by atoms with Gasteiger partial charge in [-0.2, -0.15) is 0 Å². The van der Waals surface area contributed by atoms with Crippen LogP contribution in [0.5, 0.6) is 17.2 Å². The average molecular weight is 440 g/mol. The fourth-order valence-corrected chi connectivity index (χ4v) is 3.98. The van der Waals surface area contributed by atoms with Gasteiger partial charge < -0.3 is 30.6 Å². The van der Waals surface area contributed by atoms with E-state index in [-0.39, 0.29) is 37.0 Å². The largest absolute Gasteiger partial charge is 0.489 e. The Hall–Kier alpha value is -3.26. The molecule has 8 heteroatoms. The fraction of sp³-hybridized carbons (Fsp3) is 0.417. The van der Waals surface area contributed by atoms with E-state index in [0.29, 0.717) is 23.9 Å². The zero-order chi connectivity index (χ0) is 22.3. The molecule has 4 rings (SSSR count). The van der Waals surface area contributed by atoms with Gasteiger partial charge in [0.25, 0.3) is 5.91 Å². The van der Waals surface area contributed by atoms with Crippen molar-refractivity contribution in [3.05, 3.63) is 54.1 Å². The normalized spacial score (nSPS) is 22.0. The van der Waals surface area contributed by atoms with Gasteiger partial charge in [-0.3, -0.25) is 9.59 Å². The van der Waals surface area contributed by atoms with E-state index >= 15 is 0 Å². The van der Waals surface area contributed by atoms with Crippen LogP contribution in [-0.2, 0) is 16.2 Å². The molecule has 0 bridgehead atoms. The summed E-state index contributed by atoms with van der Waals surface area (Å²) < 4.78 is 17.5. The van der Waals surface area contributed by atoms with Gasteiger partial charge in [-0.1, -0.05) is 30.3 Å². The van der Waals surface area contributed by atoms with Gasteiger partial charge in [0.15, 0.2) is 11.5 Å². The predicted octanol–water partition coefficient (Wildman–Crippen LogP) is 1.91. The van der Waals surface area contributed by atoms with Crippen LogP contribution < -0.4 is 30.6 Å². The van der Waals surface area contributed by atoms with E-state index in [9.17, 15) is 9.59 Å². The minimum absolute atomic E-state index is 0.00380. The van der Waals surface area contributed by atoms with E-state index < -0.39 is 6.10 Å². The summed E-state index contributed by atoms with van der Waals surface area (Å²) in [4.78, 5) is 24.2. The molecule has 1 atom stereocenters. The number of nitrogens with two attached hydrogens (primary N) is 1. The van der Waals surface area contributed by atoms with Gasteiger partial charge in [-0.25, -0.2) is 0 Å². The summed E-state index contributed by atoms with van der Waals surface area (Å²) in [6.45, 7) is 0.597. The van der Waals surface area contributed by atoms with E-state index in [1.807, 2.05) is 36.4 Å². The quantitative estimate of drug-likeness (QED) is 0.608. The number of carbonyl (C=O) groups excluding carboxylic acids is 2. The third-order valence-electron chi connectivity index (χ3n) is 5.74. The predicted molar refractivity (Wildman–Crippen MR) is 119 cm³/mol. The number of hydrogen-bond acceptors (Lipinski definition) is 6. The minimum Gasteiger partial charge on any atom is -0.489 e. The Morgan fingerprint density at radius 3 is 2.41 bits per heavy atom. The zero-order valence-corrected chi connectivity index (χ0v) is 17.9. The molecule has 2 amide bonds. The van der Waals surface area contributed by atoms with Gasteiger partial charge in [0.2, 0.25) is 12.0 Å². The number of fused-ring (bicyclic) bond motifs is 1. The summed E-state index contributed by atoms with van der Waals surface area (Å²) in [6, 6.07) is 15.4. The first-order valence-corrected chi connectivity index (χ1v) is 11.0. The lowest BCUT2D eigenvalue weighted by Crippen LogP contribution is -2.50. The first-order chi connectivity index (χ1) is 15.6. The van der Waals surface area contributed by atoms with Gasteiger partial charge in [0.1, 0.15) is 19.0 Å². The molecule has 1 aliphatic carbocycles. The van der Waals surface area contributed by atoms with Crippen molar-refractivity contribution in [1.29, 1.82) is 0 Å². The maximum atomic E-state index is 12.7. The number of benzene rings is 2. The number of nitrogens with one attached hydrogen (secondary N) is 2. The summed E-state index contributed by atoms with van der Waals surface area (Å²) in [6.07, 6.45) is 2.49. The SMILES string of the molecule is NCC(=O)NC1CCC(NC(=O)C2COc3ccc(OCc4ccccc4)cc3O2)CC1. The number of carbonyl (C=O) groups is 2. The highest BCUT2D eigenvalue weighted by Gasteiger charge is 2.31. The van der Waals surface area contributed by atoms with E-state index in [1.165, 1.54) is 0 Å². The van der Waals surface area contributed by atoms with Crippen LogP contribution in [-0.4, -0.2) is 43.2 Å². The molecule has 170 valence electrons. The van der Waals surface area contributed by atoms with E-state index in [4.69, 9.17) is 19.9 Å². The average Bonchev–Trinajstić information content (AvgIpc) is 2.84. The van der Waals surface area contributed by atoms with Crippen molar-refractivity contribution in [2.45, 2.75) is 50.5 Å². The number of rotatable bonds is 7. The third kappa shape index (κ3) is 5.70. The molecular formula is C24H29N3O5. The second-order valence-corrected chi connectivity index (χ2v) is 8.13. The van der Waals surface area contributed by atoms with Crippen molar-refractivity contribution in [2.24, 2.45) is 5.73 Å². The summed E-state index contributed by atoms with van der Waals surface area (Å²) in [5.74, 6) is 1.40. The highest BCUT2D eigenvalue weighted by Crippen LogP contribution is 2.35. The summed E-state index contributed by atoms with van der Waals surface area (Å²) in [5, 5.41) is 5.97. The number of ether oxygens (including phenoxy) is 3. The lowest BCUT2D eigenvalue weighted by atomic mass is 9.91. The van der Waals surface area contributed by atoms with Crippen molar-refractivity contribution in [2.75, 3.05) is 13.2 Å². The maximum Gasteiger partial charge on any atom is 0.264 e. The van der Waals surface area contributed by atoms with E-state index in [2.05, 4.69) is 10.6 Å². The molecule has 2 aliphatic rings. The molecule has 1 aliphatic heterocycles. The van der Waals surface area contributed by atoms with Crippen molar-refractivity contribution >= 4 is 11.8 Å². The van der Waals surface area contributed by atoms with E-state index in [1.54, 1.807) is 12.1 Å². The standard InChI is InChI=1S/C24H29N3O5/c25-13-23(28)26-17-6-8-18(9-7-17)27-24(29)22-15-31-20-11-10-19(12-21(20)32-22)30-14-16-4-2-1-3-5-16/h1-5,10-12,17-18,22H,6-9,13-15,25H2,(H,26,28)(H,27,29). The van der Waals surface area contributed by atoms with Crippen LogP contribution in [0, 0.1) is 0 Å². The van der Waals surface area contributed by atoms with Crippen molar-refractivity contribution in [3.63, 3.8) is 0 Å². The molecule has 0 aromatic heterocycles. The molecule has 2 aromatic carbocycles. The molecule has 1 fully saturated rings. The first-order valence-electron chi connectivity index (χ1n) is 11.0. The second-order valence-electron chi connectivity index (χ2n) is 8.13. The van der Waals surface area contributed by atoms with E-state index in [0.717, 1.165) is 31.2 Å². The van der Waals surface area contributed by atoms with Crippen LogP contribution in [0.4, 0.5) is 0 Å². The lowest BCUT2D eigenvalue weighted by Gasteiger charge is -2.31. The second kappa shape index (κ2) is 10.4. The fourth-order valence-electron chi connectivity index (χ4n) is 3.98. The number of hydrogen-bond donors (Lipinski definition) is 3. The van der Waals surface area contributed by atoms with Crippen LogP contribution in [0.15, 0.2) is 48.5 Å². The molecule has 1 unspecified atom stereocenters. The number of amides is 2. The monoisotopic (exact) mass is 439 g/mol. The van der Waals surface area contributed by atoms with Crippen molar-refractivity contribution in [3.8, 4) is 17.2 Å². The maximum absolute atomic E-state index is 12.7. The summed E-state index contributed by atoms with van der Waals surface area (Å²) in [5.41, 5.74) is 6.42. The van der Waals surface area contributed by atoms with Crippen LogP contribution in [0.25, 0.3) is 0 Å². The van der Waals surface area contributed by atoms with Crippen molar-refractivity contribution < 1.29 is 23.8 Å². The molecule has 0 saturated heterocycles. The Bertz CT molecular complexity index is 928. The van der Waals surface area contributed by atoms with Gasteiger partial charge in [0, 0.05) is 18.2 Å². The minimum atomic E-state index is -0.721. The van der Waals surface area contributed by atoms with Gasteiger partial charge in [-0.05, 0) is 43.4 Å². The van der Waals surface area contributed by atoms with Crippen LogP contribution >= 0.6 is 0 Å². The third-order valence-corrected chi connectivity index (χ3v) is 5.74. The Balaban J connectivity index is 1.28. The molecule has 0 spiro atoms. The molecule has 1 saturated carbocycles. The Morgan fingerprint density at radius 2 is 1.69 bits per heavy atom.